The molecule has 11 heteroatoms. The molecule has 5 rings (SSSR count). The van der Waals surface area contributed by atoms with Gasteiger partial charge in [-0.3, -0.25) is 4.79 Å². The Morgan fingerprint density at radius 1 is 0.838 bits per heavy atom. The number of carboxylic acid groups (broad SMARTS) is 1. The molecule has 0 saturated carbocycles. The third kappa shape index (κ3) is 4.81. The molecular formula is C26H22N2O9. The summed E-state index contributed by atoms with van der Waals surface area (Å²) in [5.41, 5.74) is 5.05. The van der Waals surface area contributed by atoms with E-state index in [1.807, 2.05) is 48.5 Å². The zero-order valence-electron chi connectivity index (χ0n) is 19.1. The van der Waals surface area contributed by atoms with E-state index in [1.165, 1.54) is 12.1 Å². The van der Waals surface area contributed by atoms with Crippen molar-refractivity contribution in [1.82, 2.24) is 5.48 Å². The van der Waals surface area contributed by atoms with Crippen molar-refractivity contribution in [3.63, 3.8) is 0 Å². The van der Waals surface area contributed by atoms with E-state index in [2.05, 4.69) is 5.48 Å². The second-order valence-electron chi connectivity index (χ2n) is 8.39. The number of nitrogens with one attached hydrogen (secondary N) is 1. The summed E-state index contributed by atoms with van der Waals surface area (Å²) in [4.78, 5) is 33.6. The molecule has 37 heavy (non-hydrogen) atoms. The lowest BCUT2D eigenvalue weighted by Gasteiger charge is -2.37. The van der Waals surface area contributed by atoms with Gasteiger partial charge in [0.2, 0.25) is 6.29 Å². The molecule has 1 saturated heterocycles. The van der Waals surface area contributed by atoms with E-state index in [0.717, 1.165) is 11.1 Å². The average Bonchev–Trinajstić information content (AvgIpc) is 3.08. The first-order chi connectivity index (χ1) is 17.8. The van der Waals surface area contributed by atoms with Crippen LogP contribution in [0.15, 0.2) is 77.8 Å². The summed E-state index contributed by atoms with van der Waals surface area (Å²) in [7, 11) is 0. The van der Waals surface area contributed by atoms with Crippen molar-refractivity contribution in [2.45, 2.75) is 30.7 Å². The number of hydrogen-bond donors (Lipinski definition) is 5. The molecular weight excluding hydrogens is 484 g/mol. The van der Waals surface area contributed by atoms with Crippen LogP contribution in [-0.2, 0) is 14.4 Å². The van der Waals surface area contributed by atoms with Crippen molar-refractivity contribution in [1.29, 1.82) is 0 Å². The third-order valence-corrected chi connectivity index (χ3v) is 5.96. The number of aliphatic imine (C=N–C) groups is 1. The molecule has 5 N–H and O–H groups in total. The molecule has 2 heterocycles. The molecule has 5 unspecified atom stereocenters. The number of para-hydroxylation sites is 3. The van der Waals surface area contributed by atoms with Gasteiger partial charge in [-0.25, -0.2) is 20.1 Å². The Labute approximate surface area is 210 Å². The number of aliphatic hydroxyl groups excluding tert-OH is 3. The number of carbonyl (C=O) groups excluding carboxylic acids is 1. The minimum atomic E-state index is -1.87. The Morgan fingerprint density at radius 3 is 2.24 bits per heavy atom. The first kappa shape index (κ1) is 24.6. The van der Waals surface area contributed by atoms with Gasteiger partial charge in [-0.1, -0.05) is 36.4 Å². The molecule has 11 nitrogen and oxygen atoms in total. The number of aliphatic hydroxyl groups is 3. The van der Waals surface area contributed by atoms with Crippen molar-refractivity contribution in [3.05, 3.63) is 89.5 Å². The van der Waals surface area contributed by atoms with Gasteiger partial charge in [0.1, 0.15) is 29.7 Å². The van der Waals surface area contributed by atoms with Crippen molar-refractivity contribution in [3.8, 4) is 11.5 Å². The van der Waals surface area contributed by atoms with Crippen LogP contribution in [-0.4, -0.2) is 68.7 Å². The van der Waals surface area contributed by atoms with E-state index in [4.69, 9.17) is 24.4 Å². The fourth-order valence-electron chi connectivity index (χ4n) is 4.01. The number of aliphatic carboxylic acids is 1. The van der Waals surface area contributed by atoms with E-state index in [-0.39, 0.29) is 5.56 Å². The fraction of sp³-hybridized carbons (Fsp3) is 0.192. The minimum absolute atomic E-state index is 0.184. The SMILES string of the molecule is O=C(NOC1OC(C(=O)O)C(O)C(O)C1O)c1ccc(C2=Nc3ccccc3Oc3ccccc32)cc1. The maximum absolute atomic E-state index is 12.6. The highest BCUT2D eigenvalue weighted by Gasteiger charge is 2.48. The van der Waals surface area contributed by atoms with Crippen LogP contribution >= 0.6 is 0 Å². The number of nitrogens with zero attached hydrogens (tertiary/aromatic N) is 1. The Hall–Kier alpha value is -4.13. The van der Waals surface area contributed by atoms with Crippen LogP contribution in [0.25, 0.3) is 0 Å². The lowest BCUT2D eigenvalue weighted by atomic mass is 9.99. The lowest BCUT2D eigenvalue weighted by molar-refractivity contribution is -0.304. The van der Waals surface area contributed by atoms with Crippen LogP contribution in [0.3, 0.4) is 0 Å². The number of carbonyl (C=O) groups is 2. The summed E-state index contributed by atoms with van der Waals surface area (Å²) < 4.78 is 11.0. The normalized spacial score (nSPS) is 24.5. The molecule has 0 aliphatic carbocycles. The largest absolute Gasteiger partial charge is 0.479 e. The smallest absolute Gasteiger partial charge is 0.335 e. The quantitative estimate of drug-likeness (QED) is 0.252. The van der Waals surface area contributed by atoms with Crippen molar-refractivity contribution in [2.75, 3.05) is 0 Å². The monoisotopic (exact) mass is 506 g/mol. The molecule has 0 bridgehead atoms. The zero-order valence-corrected chi connectivity index (χ0v) is 19.1. The van der Waals surface area contributed by atoms with Crippen molar-refractivity contribution >= 4 is 23.3 Å². The number of rotatable bonds is 5. The first-order valence-corrected chi connectivity index (χ1v) is 11.3. The van der Waals surface area contributed by atoms with Gasteiger partial charge in [0.25, 0.3) is 5.91 Å². The maximum Gasteiger partial charge on any atom is 0.335 e. The number of amides is 1. The first-order valence-electron chi connectivity index (χ1n) is 11.3. The highest BCUT2D eigenvalue weighted by atomic mass is 16.8. The average molecular weight is 506 g/mol. The van der Waals surface area contributed by atoms with Crippen LogP contribution in [0.5, 0.6) is 11.5 Å². The maximum atomic E-state index is 12.6. The standard InChI is InChI=1S/C26H22N2O9/c29-20-21(30)23(25(33)34)36-26(22(20)31)37-28-24(32)14-11-9-13(10-12-14)19-15-5-1-3-7-17(15)35-18-8-4-2-6-16(18)27-19/h1-12,20-23,26,29-31H,(H,28,32)(H,33,34). The van der Waals surface area contributed by atoms with E-state index < -0.39 is 42.6 Å². The number of hydrogen-bond acceptors (Lipinski definition) is 9. The molecule has 3 aromatic rings. The molecule has 0 radical (unpaired) electrons. The minimum Gasteiger partial charge on any atom is -0.479 e. The van der Waals surface area contributed by atoms with Crippen LogP contribution in [0.2, 0.25) is 0 Å². The molecule has 5 atom stereocenters. The van der Waals surface area contributed by atoms with Crippen LogP contribution in [0.4, 0.5) is 5.69 Å². The van der Waals surface area contributed by atoms with Crippen molar-refractivity contribution < 1.29 is 44.3 Å². The molecule has 1 amide bonds. The predicted octanol–water partition coefficient (Wildman–Crippen LogP) is 1.52. The van der Waals surface area contributed by atoms with Gasteiger partial charge in [0.05, 0.1) is 5.71 Å². The second-order valence-corrected chi connectivity index (χ2v) is 8.39. The number of ether oxygens (including phenoxy) is 2. The van der Waals surface area contributed by atoms with E-state index >= 15 is 0 Å². The number of hydroxylamine groups is 1. The Morgan fingerprint density at radius 2 is 1.51 bits per heavy atom. The van der Waals surface area contributed by atoms with Crippen LogP contribution in [0, 0.1) is 0 Å². The van der Waals surface area contributed by atoms with Gasteiger partial charge in [0.15, 0.2) is 11.9 Å². The Kier molecular flexibility index (Phi) is 6.70. The zero-order chi connectivity index (χ0) is 26.1. The van der Waals surface area contributed by atoms with Gasteiger partial charge in [-0.15, -0.1) is 0 Å². The molecule has 1 fully saturated rings. The van der Waals surface area contributed by atoms with E-state index in [1.54, 1.807) is 12.1 Å². The molecule has 190 valence electrons. The summed E-state index contributed by atoms with van der Waals surface area (Å²) in [6, 6.07) is 21.3. The predicted molar refractivity (Wildman–Crippen MR) is 128 cm³/mol. The number of fused-ring (bicyclic) bond motifs is 2. The second kappa shape index (κ2) is 10.1. The topological polar surface area (TPSA) is 167 Å². The molecule has 2 aliphatic rings. The number of benzene rings is 3. The van der Waals surface area contributed by atoms with Gasteiger partial charge in [0, 0.05) is 16.7 Å². The summed E-state index contributed by atoms with van der Waals surface area (Å²) >= 11 is 0. The number of carboxylic acids is 1. The fourth-order valence-corrected chi connectivity index (χ4v) is 4.01. The van der Waals surface area contributed by atoms with E-state index in [9.17, 15) is 24.9 Å². The summed E-state index contributed by atoms with van der Waals surface area (Å²) in [6.45, 7) is 0. The molecule has 2 aliphatic heterocycles. The van der Waals surface area contributed by atoms with Gasteiger partial charge >= 0.3 is 5.97 Å². The summed E-state index contributed by atoms with van der Waals surface area (Å²) in [5.74, 6) is -1.02. The molecule has 3 aromatic carbocycles. The molecule has 0 spiro atoms. The Bertz CT molecular complexity index is 1360. The van der Waals surface area contributed by atoms with Crippen molar-refractivity contribution in [2.24, 2.45) is 4.99 Å². The Balaban J connectivity index is 1.33. The van der Waals surface area contributed by atoms with E-state index in [0.29, 0.717) is 22.9 Å². The summed E-state index contributed by atoms with van der Waals surface area (Å²) in [5, 5.41) is 38.7. The highest BCUT2D eigenvalue weighted by Crippen LogP contribution is 2.38. The lowest BCUT2D eigenvalue weighted by Crippen LogP contribution is -2.61. The summed E-state index contributed by atoms with van der Waals surface area (Å²) in [6.07, 6.45) is -9.10. The van der Waals surface area contributed by atoms with Crippen LogP contribution in [0.1, 0.15) is 21.5 Å². The van der Waals surface area contributed by atoms with Gasteiger partial charge in [-0.2, -0.15) is 0 Å². The van der Waals surface area contributed by atoms with Gasteiger partial charge in [-0.05, 0) is 36.4 Å². The molecule has 0 aromatic heterocycles. The third-order valence-electron chi connectivity index (χ3n) is 5.96. The van der Waals surface area contributed by atoms with Gasteiger partial charge < -0.3 is 29.9 Å². The van der Waals surface area contributed by atoms with Crippen LogP contribution < -0.4 is 10.2 Å². The highest BCUT2D eigenvalue weighted by molar-refractivity contribution is 6.16.